The van der Waals surface area contributed by atoms with Gasteiger partial charge in [-0.2, -0.15) is 0 Å². The number of hydrogen-bond acceptors (Lipinski definition) is 4. The molecule has 132 valence electrons. The molecule has 1 amide bonds. The Morgan fingerprint density at radius 1 is 1.00 bits per heavy atom. The van der Waals surface area contributed by atoms with Crippen molar-refractivity contribution in [3.05, 3.63) is 84.3 Å². The molecule has 5 heteroatoms. The third-order valence-corrected chi connectivity index (χ3v) is 3.98. The van der Waals surface area contributed by atoms with E-state index in [1.165, 1.54) is 6.26 Å². The normalized spacial score (nSPS) is 10.2. The van der Waals surface area contributed by atoms with E-state index in [0.29, 0.717) is 17.2 Å². The minimum absolute atomic E-state index is 0.247. The van der Waals surface area contributed by atoms with Gasteiger partial charge in [0.2, 0.25) is 0 Å². The Hall–Kier alpha value is -3.47. The number of rotatable bonds is 6. The van der Waals surface area contributed by atoms with Crippen LogP contribution in [0.5, 0.6) is 11.5 Å². The zero-order valence-electron chi connectivity index (χ0n) is 14.6. The van der Waals surface area contributed by atoms with Gasteiger partial charge in [-0.3, -0.25) is 4.79 Å². The molecule has 0 atom stereocenters. The van der Waals surface area contributed by atoms with Crippen molar-refractivity contribution in [3.63, 3.8) is 0 Å². The van der Waals surface area contributed by atoms with Gasteiger partial charge in [0.25, 0.3) is 5.91 Å². The van der Waals surface area contributed by atoms with Crippen LogP contribution in [-0.2, 0) is 0 Å². The van der Waals surface area contributed by atoms with Crippen LogP contribution in [0.4, 0.5) is 5.69 Å². The average molecular weight is 349 g/mol. The molecular weight excluding hydrogens is 330 g/mol. The highest BCUT2D eigenvalue weighted by atomic mass is 16.5. The first-order valence-corrected chi connectivity index (χ1v) is 7.99. The fourth-order valence-electron chi connectivity index (χ4n) is 2.63. The highest BCUT2D eigenvalue weighted by Crippen LogP contribution is 2.34. The Morgan fingerprint density at radius 3 is 2.46 bits per heavy atom. The Balaban J connectivity index is 1.92. The molecule has 0 radical (unpaired) electrons. The minimum atomic E-state index is -0.317. The van der Waals surface area contributed by atoms with Crippen molar-refractivity contribution >= 4 is 17.2 Å². The molecule has 0 aliphatic rings. The summed E-state index contributed by atoms with van der Waals surface area (Å²) in [4.78, 5) is 12.3. The Labute approximate surface area is 151 Å². The molecule has 1 N–H and O–H groups in total. The molecule has 1 heterocycles. The molecule has 1 aromatic heterocycles. The number of carbonyl (C=O) groups is 1. The second kappa shape index (κ2) is 7.61. The fraction of sp³-hybridized carbons (Fsp3) is 0.0952. The molecule has 0 unspecified atom stereocenters. The summed E-state index contributed by atoms with van der Waals surface area (Å²) in [5.41, 5.74) is 3.07. The monoisotopic (exact) mass is 349 g/mol. The zero-order chi connectivity index (χ0) is 18.5. The summed E-state index contributed by atoms with van der Waals surface area (Å²) in [5.74, 6) is 1.19. The number of benzene rings is 2. The lowest BCUT2D eigenvalue weighted by atomic mass is 9.97. The van der Waals surface area contributed by atoms with Gasteiger partial charge in [0.05, 0.1) is 20.5 Å². The van der Waals surface area contributed by atoms with E-state index in [4.69, 9.17) is 13.9 Å². The summed E-state index contributed by atoms with van der Waals surface area (Å²) in [6.45, 7) is 4.19. The number of methoxy groups -OCH3 is 2. The highest BCUT2D eigenvalue weighted by Gasteiger charge is 2.14. The third kappa shape index (κ3) is 3.47. The van der Waals surface area contributed by atoms with Crippen molar-refractivity contribution in [3.8, 4) is 11.5 Å². The van der Waals surface area contributed by atoms with Crippen LogP contribution in [0.3, 0.4) is 0 Å². The van der Waals surface area contributed by atoms with Gasteiger partial charge in [-0.05, 0) is 41.5 Å². The van der Waals surface area contributed by atoms with E-state index in [1.54, 1.807) is 26.4 Å². The topological polar surface area (TPSA) is 60.7 Å². The number of hydrogen-bond donors (Lipinski definition) is 1. The molecule has 0 saturated carbocycles. The van der Waals surface area contributed by atoms with E-state index in [0.717, 1.165) is 16.7 Å². The summed E-state index contributed by atoms with van der Waals surface area (Å²) in [5, 5.41) is 2.87. The van der Waals surface area contributed by atoms with E-state index in [-0.39, 0.29) is 11.7 Å². The Bertz CT molecular complexity index is 929. The molecular formula is C21H19NO4. The standard InChI is InChI=1S/C21H19NO4/c1-14(15-10-11-18(24-2)20(13-15)25-3)16-7-4-5-8-17(16)22-21(23)19-9-6-12-26-19/h4-13H,1H2,2-3H3,(H,22,23). The maximum atomic E-state index is 12.3. The van der Waals surface area contributed by atoms with Gasteiger partial charge in [-0.1, -0.05) is 30.8 Å². The molecule has 0 aliphatic heterocycles. The van der Waals surface area contributed by atoms with Crippen LogP contribution < -0.4 is 14.8 Å². The second-order valence-electron chi connectivity index (χ2n) is 5.53. The smallest absolute Gasteiger partial charge is 0.291 e. The first kappa shape index (κ1) is 17.4. The summed E-state index contributed by atoms with van der Waals surface area (Å²) >= 11 is 0. The van der Waals surface area contributed by atoms with Crippen LogP contribution in [0.2, 0.25) is 0 Å². The minimum Gasteiger partial charge on any atom is -0.493 e. The summed E-state index contributed by atoms with van der Waals surface area (Å²) < 4.78 is 15.8. The van der Waals surface area contributed by atoms with E-state index in [1.807, 2.05) is 42.5 Å². The molecule has 0 saturated heterocycles. The van der Waals surface area contributed by atoms with Crippen molar-refractivity contribution in [2.75, 3.05) is 19.5 Å². The third-order valence-electron chi connectivity index (χ3n) is 3.98. The van der Waals surface area contributed by atoms with E-state index in [9.17, 15) is 4.79 Å². The Kier molecular flexibility index (Phi) is 5.08. The number of nitrogens with one attached hydrogen (secondary N) is 1. The van der Waals surface area contributed by atoms with Gasteiger partial charge in [0.1, 0.15) is 0 Å². The number of furan rings is 1. The second-order valence-corrected chi connectivity index (χ2v) is 5.53. The predicted octanol–water partition coefficient (Wildman–Crippen LogP) is 4.61. The van der Waals surface area contributed by atoms with Crippen molar-refractivity contribution in [1.29, 1.82) is 0 Å². The van der Waals surface area contributed by atoms with Crippen LogP contribution in [0, 0.1) is 0 Å². The average Bonchev–Trinajstić information content (AvgIpc) is 3.22. The summed E-state index contributed by atoms with van der Waals surface area (Å²) in [6, 6.07) is 16.3. The highest BCUT2D eigenvalue weighted by molar-refractivity contribution is 6.04. The molecule has 0 bridgehead atoms. The van der Waals surface area contributed by atoms with Crippen LogP contribution in [0.1, 0.15) is 21.7 Å². The van der Waals surface area contributed by atoms with E-state index in [2.05, 4.69) is 11.9 Å². The maximum absolute atomic E-state index is 12.3. The lowest BCUT2D eigenvalue weighted by Crippen LogP contribution is -2.12. The molecule has 0 spiro atoms. The summed E-state index contributed by atoms with van der Waals surface area (Å²) in [6.07, 6.45) is 1.46. The van der Waals surface area contributed by atoms with Gasteiger partial charge >= 0.3 is 0 Å². The fourth-order valence-corrected chi connectivity index (χ4v) is 2.63. The lowest BCUT2D eigenvalue weighted by Gasteiger charge is -2.15. The van der Waals surface area contributed by atoms with Gasteiger partial charge in [0, 0.05) is 11.3 Å². The van der Waals surface area contributed by atoms with Gasteiger partial charge < -0.3 is 19.2 Å². The molecule has 3 rings (SSSR count). The number of anilines is 1. The molecule has 3 aromatic rings. The van der Waals surface area contributed by atoms with Crippen molar-refractivity contribution in [2.24, 2.45) is 0 Å². The number of para-hydroxylation sites is 1. The first-order valence-electron chi connectivity index (χ1n) is 7.99. The van der Waals surface area contributed by atoms with Crippen molar-refractivity contribution in [1.82, 2.24) is 0 Å². The number of amides is 1. The Morgan fingerprint density at radius 2 is 1.77 bits per heavy atom. The molecule has 2 aromatic carbocycles. The maximum Gasteiger partial charge on any atom is 0.291 e. The quantitative estimate of drug-likeness (QED) is 0.706. The zero-order valence-corrected chi connectivity index (χ0v) is 14.6. The molecule has 26 heavy (non-hydrogen) atoms. The molecule has 0 aliphatic carbocycles. The summed E-state index contributed by atoms with van der Waals surface area (Å²) in [7, 11) is 3.17. The lowest BCUT2D eigenvalue weighted by molar-refractivity contribution is 0.0996. The van der Waals surface area contributed by atoms with Crippen LogP contribution in [-0.4, -0.2) is 20.1 Å². The van der Waals surface area contributed by atoms with Gasteiger partial charge in [-0.15, -0.1) is 0 Å². The van der Waals surface area contributed by atoms with Crippen molar-refractivity contribution in [2.45, 2.75) is 0 Å². The number of ether oxygens (including phenoxy) is 2. The van der Waals surface area contributed by atoms with E-state index >= 15 is 0 Å². The predicted molar refractivity (Wildman–Crippen MR) is 101 cm³/mol. The van der Waals surface area contributed by atoms with Gasteiger partial charge in [-0.25, -0.2) is 0 Å². The van der Waals surface area contributed by atoms with Crippen molar-refractivity contribution < 1.29 is 18.7 Å². The SMILES string of the molecule is C=C(c1ccc(OC)c(OC)c1)c1ccccc1NC(=O)c1ccco1. The van der Waals surface area contributed by atoms with Gasteiger partial charge in [0.15, 0.2) is 17.3 Å². The van der Waals surface area contributed by atoms with Crippen LogP contribution in [0.25, 0.3) is 5.57 Å². The molecule has 0 fully saturated rings. The van der Waals surface area contributed by atoms with Crippen LogP contribution in [0.15, 0.2) is 71.9 Å². The first-order chi connectivity index (χ1) is 12.6. The van der Waals surface area contributed by atoms with E-state index < -0.39 is 0 Å². The molecule has 5 nitrogen and oxygen atoms in total. The van der Waals surface area contributed by atoms with Crippen LogP contribution >= 0.6 is 0 Å². The largest absolute Gasteiger partial charge is 0.493 e. The number of carbonyl (C=O) groups excluding carboxylic acids is 1.